The third kappa shape index (κ3) is 3.40. The minimum Gasteiger partial charge on any atom is -0.493 e. The average Bonchev–Trinajstić information content (AvgIpc) is 3.03. The van der Waals surface area contributed by atoms with Crippen molar-refractivity contribution in [2.75, 3.05) is 20.3 Å². The molecule has 1 aliphatic heterocycles. The van der Waals surface area contributed by atoms with Crippen LogP contribution in [0.2, 0.25) is 0 Å². The van der Waals surface area contributed by atoms with Gasteiger partial charge in [-0.15, -0.1) is 0 Å². The molecule has 23 heavy (non-hydrogen) atoms. The Hall–Kier alpha value is -2.27. The summed E-state index contributed by atoms with van der Waals surface area (Å²) in [5.74, 6) is 1.50. The molecule has 1 atom stereocenters. The molecule has 3 rings (SSSR count). The maximum absolute atomic E-state index is 5.79. The van der Waals surface area contributed by atoms with Gasteiger partial charge in [0.05, 0.1) is 25.2 Å². The Bertz CT molecular complexity index is 702. The highest BCUT2D eigenvalue weighted by Crippen LogP contribution is 2.33. The summed E-state index contributed by atoms with van der Waals surface area (Å²) in [4.78, 5) is 7.69. The largest absolute Gasteiger partial charge is 0.493 e. The lowest BCUT2D eigenvalue weighted by Crippen LogP contribution is -2.30. The molecule has 0 bridgehead atoms. The summed E-state index contributed by atoms with van der Waals surface area (Å²) in [6.45, 7) is 5.59. The highest BCUT2D eigenvalue weighted by Gasteiger charge is 2.24. The van der Waals surface area contributed by atoms with Crippen molar-refractivity contribution in [2.45, 2.75) is 26.3 Å². The zero-order valence-electron chi connectivity index (χ0n) is 13.8. The SMILES string of the molecule is COc1cc([C@H]2NCCc3[nH]cnc32)ccc1OCC=C(C)C. The molecular formula is C18H23N3O2. The van der Waals surface area contributed by atoms with Gasteiger partial charge in [-0.3, -0.25) is 0 Å². The van der Waals surface area contributed by atoms with Crippen molar-refractivity contribution in [1.82, 2.24) is 15.3 Å². The van der Waals surface area contributed by atoms with E-state index < -0.39 is 0 Å². The molecule has 0 fully saturated rings. The lowest BCUT2D eigenvalue weighted by Gasteiger charge is -2.24. The highest BCUT2D eigenvalue weighted by atomic mass is 16.5. The first-order chi connectivity index (χ1) is 11.2. The molecule has 2 N–H and O–H groups in total. The summed E-state index contributed by atoms with van der Waals surface area (Å²) in [5, 5.41) is 3.52. The van der Waals surface area contributed by atoms with Gasteiger partial charge in [-0.25, -0.2) is 4.98 Å². The number of nitrogens with one attached hydrogen (secondary N) is 2. The van der Waals surface area contributed by atoms with Crippen molar-refractivity contribution < 1.29 is 9.47 Å². The van der Waals surface area contributed by atoms with Gasteiger partial charge in [0.25, 0.3) is 0 Å². The number of fused-ring (bicyclic) bond motifs is 1. The Morgan fingerprint density at radius 3 is 3.00 bits per heavy atom. The first-order valence-corrected chi connectivity index (χ1v) is 7.88. The molecular weight excluding hydrogens is 290 g/mol. The zero-order chi connectivity index (χ0) is 16.2. The maximum atomic E-state index is 5.79. The standard InChI is InChI=1S/C18H23N3O2/c1-12(2)7-9-23-15-5-4-13(10-16(15)22-3)17-18-14(6-8-19-17)20-11-21-18/h4-5,7,10-11,17,19H,6,8-9H2,1-3H3,(H,20,21)/t17-/m1/s1. The molecule has 2 aromatic rings. The van der Waals surface area contributed by atoms with Gasteiger partial charge in [-0.2, -0.15) is 0 Å². The fraction of sp³-hybridized carbons (Fsp3) is 0.389. The molecule has 0 spiro atoms. The lowest BCUT2D eigenvalue weighted by atomic mass is 9.97. The van der Waals surface area contributed by atoms with Crippen LogP contribution in [0.5, 0.6) is 11.5 Å². The van der Waals surface area contributed by atoms with Crippen LogP contribution in [-0.2, 0) is 6.42 Å². The van der Waals surface area contributed by atoms with Crippen LogP contribution in [0.4, 0.5) is 0 Å². The van der Waals surface area contributed by atoms with Crippen molar-refractivity contribution in [3.63, 3.8) is 0 Å². The van der Waals surface area contributed by atoms with E-state index in [1.54, 1.807) is 13.4 Å². The first kappa shape index (κ1) is 15.6. The molecule has 0 unspecified atom stereocenters. The summed E-state index contributed by atoms with van der Waals surface area (Å²) >= 11 is 0. The Morgan fingerprint density at radius 1 is 1.35 bits per heavy atom. The van der Waals surface area contributed by atoms with Gasteiger partial charge in [-0.05, 0) is 37.6 Å². The number of hydrogen-bond donors (Lipinski definition) is 2. The van der Waals surface area contributed by atoms with Crippen molar-refractivity contribution in [2.24, 2.45) is 0 Å². The van der Waals surface area contributed by atoms with Crippen molar-refractivity contribution in [3.8, 4) is 11.5 Å². The molecule has 0 saturated heterocycles. The van der Waals surface area contributed by atoms with Gasteiger partial charge < -0.3 is 19.8 Å². The van der Waals surface area contributed by atoms with Crippen molar-refractivity contribution >= 4 is 0 Å². The Balaban J connectivity index is 1.84. The van der Waals surface area contributed by atoms with Crippen LogP contribution in [0.15, 0.2) is 36.2 Å². The van der Waals surface area contributed by atoms with Crippen LogP contribution in [0.1, 0.15) is 36.8 Å². The molecule has 0 radical (unpaired) electrons. The Labute approximate surface area is 136 Å². The smallest absolute Gasteiger partial charge is 0.161 e. The molecule has 0 amide bonds. The number of rotatable bonds is 5. The molecule has 2 heterocycles. The number of imidazole rings is 1. The van der Waals surface area contributed by atoms with Gasteiger partial charge in [-0.1, -0.05) is 11.6 Å². The van der Waals surface area contributed by atoms with Crippen molar-refractivity contribution in [3.05, 3.63) is 53.1 Å². The number of methoxy groups -OCH3 is 1. The van der Waals surface area contributed by atoms with E-state index in [0.29, 0.717) is 6.61 Å². The van der Waals surface area contributed by atoms with Crippen LogP contribution in [0, 0.1) is 0 Å². The van der Waals surface area contributed by atoms with Crippen LogP contribution in [0.3, 0.4) is 0 Å². The summed E-state index contributed by atoms with van der Waals surface area (Å²) in [6, 6.07) is 6.15. The molecule has 5 heteroatoms. The summed E-state index contributed by atoms with van der Waals surface area (Å²) in [5.41, 5.74) is 4.63. The van der Waals surface area contributed by atoms with E-state index in [4.69, 9.17) is 9.47 Å². The Morgan fingerprint density at radius 2 is 2.22 bits per heavy atom. The second-order valence-corrected chi connectivity index (χ2v) is 5.91. The normalized spacial score (nSPS) is 16.6. The Kier molecular flexibility index (Phi) is 4.67. The van der Waals surface area contributed by atoms with Crippen LogP contribution >= 0.6 is 0 Å². The summed E-state index contributed by atoms with van der Waals surface area (Å²) in [7, 11) is 1.67. The van der Waals surface area contributed by atoms with Crippen LogP contribution in [0.25, 0.3) is 0 Å². The van der Waals surface area contributed by atoms with E-state index in [9.17, 15) is 0 Å². The highest BCUT2D eigenvalue weighted by molar-refractivity contribution is 5.46. The summed E-state index contributed by atoms with van der Waals surface area (Å²) < 4.78 is 11.3. The minimum absolute atomic E-state index is 0.0886. The van der Waals surface area contributed by atoms with E-state index in [0.717, 1.165) is 35.7 Å². The number of aromatic amines is 1. The minimum atomic E-state index is 0.0886. The van der Waals surface area contributed by atoms with Gasteiger partial charge >= 0.3 is 0 Å². The average molecular weight is 313 g/mol. The molecule has 1 aromatic carbocycles. The number of allylic oxidation sites excluding steroid dienone is 1. The van der Waals surface area contributed by atoms with Gasteiger partial charge in [0.2, 0.25) is 0 Å². The number of ether oxygens (including phenoxy) is 2. The van der Waals surface area contributed by atoms with Crippen LogP contribution < -0.4 is 14.8 Å². The molecule has 1 aromatic heterocycles. The molecule has 1 aliphatic rings. The van der Waals surface area contributed by atoms with E-state index >= 15 is 0 Å². The van der Waals surface area contributed by atoms with E-state index in [2.05, 4.69) is 35.2 Å². The maximum Gasteiger partial charge on any atom is 0.161 e. The molecule has 0 aliphatic carbocycles. The topological polar surface area (TPSA) is 59.2 Å². The monoisotopic (exact) mass is 313 g/mol. The zero-order valence-corrected chi connectivity index (χ0v) is 13.8. The third-order valence-corrected chi connectivity index (χ3v) is 4.00. The fourth-order valence-electron chi connectivity index (χ4n) is 2.78. The molecule has 5 nitrogen and oxygen atoms in total. The number of H-pyrrole nitrogens is 1. The predicted octanol–water partition coefficient (Wildman–Crippen LogP) is 3.00. The number of nitrogens with zero attached hydrogens (tertiary/aromatic N) is 1. The fourth-order valence-corrected chi connectivity index (χ4v) is 2.78. The second-order valence-electron chi connectivity index (χ2n) is 5.91. The van der Waals surface area contributed by atoms with E-state index in [1.165, 1.54) is 11.3 Å². The van der Waals surface area contributed by atoms with Crippen LogP contribution in [-0.4, -0.2) is 30.2 Å². The third-order valence-electron chi connectivity index (χ3n) is 4.00. The lowest BCUT2D eigenvalue weighted by molar-refractivity contribution is 0.325. The van der Waals surface area contributed by atoms with Gasteiger partial charge in [0.15, 0.2) is 11.5 Å². The van der Waals surface area contributed by atoms with Crippen molar-refractivity contribution in [1.29, 1.82) is 0 Å². The number of hydrogen-bond acceptors (Lipinski definition) is 4. The van der Waals surface area contributed by atoms with E-state index in [-0.39, 0.29) is 6.04 Å². The van der Waals surface area contributed by atoms with E-state index in [1.807, 2.05) is 18.2 Å². The quantitative estimate of drug-likeness (QED) is 0.833. The number of aromatic nitrogens is 2. The number of benzene rings is 1. The molecule has 122 valence electrons. The second kappa shape index (κ2) is 6.87. The predicted molar refractivity (Wildman–Crippen MR) is 90.1 cm³/mol. The first-order valence-electron chi connectivity index (χ1n) is 7.88. The molecule has 0 saturated carbocycles. The van der Waals surface area contributed by atoms with Gasteiger partial charge in [0.1, 0.15) is 6.61 Å². The summed E-state index contributed by atoms with van der Waals surface area (Å²) in [6.07, 6.45) is 4.79. The van der Waals surface area contributed by atoms with Gasteiger partial charge in [0, 0.05) is 18.7 Å².